The summed E-state index contributed by atoms with van der Waals surface area (Å²) >= 11 is 0. The lowest BCUT2D eigenvalue weighted by atomic mass is 9.99. The fraction of sp³-hybridized carbons (Fsp3) is 0.214. The van der Waals surface area contributed by atoms with Crippen LogP contribution in [0.4, 0.5) is 0 Å². The van der Waals surface area contributed by atoms with Crippen molar-refractivity contribution in [3.63, 3.8) is 0 Å². The molecule has 24 heavy (non-hydrogen) atoms. The van der Waals surface area contributed by atoms with Gasteiger partial charge in [-0.15, -0.1) is 0 Å². The molecule has 0 bridgehead atoms. The van der Waals surface area contributed by atoms with Crippen LogP contribution in [0.25, 0.3) is 0 Å². The molecule has 1 rings (SSSR count). The summed E-state index contributed by atoms with van der Waals surface area (Å²) in [5, 5.41) is 39.4. The predicted octanol–water partition coefficient (Wildman–Crippen LogP) is -1.79. The van der Waals surface area contributed by atoms with E-state index in [0.29, 0.717) is 0 Å². The Labute approximate surface area is 135 Å². The molecular formula is C14H14N2O8. The van der Waals surface area contributed by atoms with Crippen molar-refractivity contribution in [3.05, 3.63) is 36.7 Å². The SMILES string of the molecule is C=CC[N+]1(CC=C)C(C(=O)[O-])=C(C(=O)O)N=C(C(=O)O)C1C(=O)O. The Morgan fingerprint density at radius 3 is 1.88 bits per heavy atom. The van der Waals surface area contributed by atoms with Crippen molar-refractivity contribution in [3.8, 4) is 0 Å². The van der Waals surface area contributed by atoms with E-state index in [-0.39, 0.29) is 0 Å². The lowest BCUT2D eigenvalue weighted by Crippen LogP contribution is -2.67. The van der Waals surface area contributed by atoms with Crippen LogP contribution in [0.15, 0.2) is 41.7 Å². The summed E-state index contributed by atoms with van der Waals surface area (Å²) in [6, 6.07) is -1.98. The quantitative estimate of drug-likeness (QED) is 0.345. The molecule has 128 valence electrons. The third-order valence-corrected chi connectivity index (χ3v) is 3.41. The number of rotatable bonds is 8. The highest BCUT2D eigenvalue weighted by atomic mass is 16.4. The van der Waals surface area contributed by atoms with E-state index in [1.54, 1.807) is 0 Å². The molecule has 1 heterocycles. The van der Waals surface area contributed by atoms with Crippen molar-refractivity contribution in [2.24, 2.45) is 4.99 Å². The summed E-state index contributed by atoms with van der Waals surface area (Å²) in [4.78, 5) is 49.2. The number of aliphatic carboxylic acids is 4. The fourth-order valence-corrected chi connectivity index (χ4v) is 2.66. The van der Waals surface area contributed by atoms with E-state index in [2.05, 4.69) is 18.2 Å². The average molecular weight is 338 g/mol. The molecule has 0 saturated heterocycles. The van der Waals surface area contributed by atoms with Crippen molar-refractivity contribution < 1.29 is 44.1 Å². The molecule has 3 N–H and O–H groups in total. The first-order valence-electron chi connectivity index (χ1n) is 6.46. The minimum Gasteiger partial charge on any atom is -0.540 e. The van der Waals surface area contributed by atoms with E-state index in [4.69, 9.17) is 0 Å². The molecule has 0 spiro atoms. The maximum absolute atomic E-state index is 11.7. The molecule has 0 aromatic heterocycles. The Morgan fingerprint density at radius 1 is 1.08 bits per heavy atom. The molecule has 10 heteroatoms. The van der Waals surface area contributed by atoms with Crippen molar-refractivity contribution >= 4 is 29.6 Å². The molecule has 10 nitrogen and oxygen atoms in total. The van der Waals surface area contributed by atoms with Gasteiger partial charge < -0.3 is 25.2 Å². The van der Waals surface area contributed by atoms with E-state index >= 15 is 0 Å². The number of carbonyl (C=O) groups is 4. The van der Waals surface area contributed by atoms with Gasteiger partial charge in [0.25, 0.3) is 0 Å². The van der Waals surface area contributed by atoms with Gasteiger partial charge >= 0.3 is 17.9 Å². The van der Waals surface area contributed by atoms with Gasteiger partial charge in [-0.3, -0.25) is 4.48 Å². The lowest BCUT2D eigenvalue weighted by Gasteiger charge is -2.44. The average Bonchev–Trinajstić information content (AvgIpc) is 2.45. The highest BCUT2D eigenvalue weighted by Crippen LogP contribution is 2.32. The van der Waals surface area contributed by atoms with Gasteiger partial charge in [0, 0.05) is 0 Å². The van der Waals surface area contributed by atoms with E-state index in [9.17, 15) is 39.6 Å². The molecule has 1 aliphatic heterocycles. The summed E-state index contributed by atoms with van der Waals surface area (Å²) in [5.74, 6) is -7.28. The van der Waals surface area contributed by atoms with Crippen LogP contribution in [0, 0.1) is 0 Å². The van der Waals surface area contributed by atoms with Gasteiger partial charge in [0.1, 0.15) is 19.1 Å². The fourth-order valence-electron chi connectivity index (χ4n) is 2.66. The van der Waals surface area contributed by atoms with Crippen LogP contribution < -0.4 is 5.11 Å². The van der Waals surface area contributed by atoms with E-state index < -0.39 is 64.6 Å². The van der Waals surface area contributed by atoms with Gasteiger partial charge in [-0.2, -0.15) is 0 Å². The number of hydrogen-bond donors (Lipinski definition) is 3. The Balaban J connectivity index is 4.01. The zero-order valence-corrected chi connectivity index (χ0v) is 12.3. The molecule has 1 unspecified atom stereocenters. The maximum atomic E-state index is 11.7. The van der Waals surface area contributed by atoms with Crippen LogP contribution in [0.1, 0.15) is 0 Å². The topological polar surface area (TPSA) is 164 Å². The molecule has 1 atom stereocenters. The number of carbonyl (C=O) groups excluding carboxylic acids is 1. The smallest absolute Gasteiger partial charge is 0.369 e. The van der Waals surface area contributed by atoms with Crippen LogP contribution in [-0.4, -0.2) is 68.5 Å². The second-order valence-electron chi connectivity index (χ2n) is 4.81. The number of carboxylic acid groups (broad SMARTS) is 4. The van der Waals surface area contributed by atoms with Gasteiger partial charge in [-0.1, -0.05) is 13.2 Å². The van der Waals surface area contributed by atoms with Crippen molar-refractivity contribution in [1.29, 1.82) is 0 Å². The normalized spacial score (nSPS) is 19.2. The maximum Gasteiger partial charge on any atom is 0.369 e. The summed E-state index contributed by atoms with van der Waals surface area (Å²) in [5.41, 5.74) is -3.07. The number of aliphatic imine (C=N–C) groups is 1. The molecule has 0 amide bonds. The van der Waals surface area contributed by atoms with Crippen molar-refractivity contribution in [1.82, 2.24) is 0 Å². The monoisotopic (exact) mass is 338 g/mol. The molecule has 0 saturated carbocycles. The molecule has 0 aromatic rings. The van der Waals surface area contributed by atoms with Gasteiger partial charge in [-0.25, -0.2) is 19.4 Å². The van der Waals surface area contributed by atoms with Crippen LogP contribution >= 0.6 is 0 Å². The van der Waals surface area contributed by atoms with Gasteiger partial charge in [-0.05, 0) is 12.2 Å². The lowest BCUT2D eigenvalue weighted by molar-refractivity contribution is -0.885. The second kappa shape index (κ2) is 6.87. The van der Waals surface area contributed by atoms with Crippen LogP contribution in [0.2, 0.25) is 0 Å². The van der Waals surface area contributed by atoms with Crippen LogP contribution in [-0.2, 0) is 19.2 Å². The number of carboxylic acids is 4. The summed E-state index contributed by atoms with van der Waals surface area (Å²) < 4.78 is -1.10. The molecule has 0 radical (unpaired) electrons. The highest BCUT2D eigenvalue weighted by molar-refractivity contribution is 6.42. The predicted molar refractivity (Wildman–Crippen MR) is 76.6 cm³/mol. The third kappa shape index (κ3) is 2.94. The van der Waals surface area contributed by atoms with E-state index in [0.717, 1.165) is 12.2 Å². The number of nitrogens with zero attached hydrogens (tertiary/aromatic N) is 2. The first kappa shape index (κ1) is 18.8. The number of quaternary nitrogens is 1. The number of hydrogen-bond acceptors (Lipinski definition) is 6. The van der Waals surface area contributed by atoms with E-state index in [1.165, 1.54) is 0 Å². The Kier molecular flexibility index (Phi) is 5.38. The Bertz CT molecular complexity index is 694. The Morgan fingerprint density at radius 2 is 1.58 bits per heavy atom. The molecule has 1 aliphatic rings. The van der Waals surface area contributed by atoms with Crippen LogP contribution in [0.5, 0.6) is 0 Å². The van der Waals surface area contributed by atoms with Crippen LogP contribution in [0.3, 0.4) is 0 Å². The van der Waals surface area contributed by atoms with Gasteiger partial charge in [0.2, 0.25) is 11.7 Å². The minimum absolute atomic E-state index is 0.393. The standard InChI is InChI=1S/C14H14N2O8/c1-3-5-16(6-4-2)9(13(21)22)7(11(17)18)15-8(12(19)20)10(16)14(23)24/h3-4,9H,1-2,5-6H2,(H3-,17,18,19,20,21,22,23,24). The third-order valence-electron chi connectivity index (χ3n) is 3.41. The summed E-state index contributed by atoms with van der Waals surface area (Å²) in [6.07, 6.45) is 2.29. The van der Waals surface area contributed by atoms with Crippen molar-refractivity contribution in [2.45, 2.75) is 6.04 Å². The van der Waals surface area contributed by atoms with Gasteiger partial charge in [0.05, 0.1) is 0 Å². The summed E-state index contributed by atoms with van der Waals surface area (Å²) in [7, 11) is 0. The molecular weight excluding hydrogens is 324 g/mol. The first-order valence-corrected chi connectivity index (χ1v) is 6.46. The largest absolute Gasteiger partial charge is 0.540 e. The van der Waals surface area contributed by atoms with Crippen molar-refractivity contribution in [2.75, 3.05) is 13.1 Å². The van der Waals surface area contributed by atoms with Gasteiger partial charge in [0.15, 0.2) is 11.4 Å². The zero-order valence-electron chi connectivity index (χ0n) is 12.3. The second-order valence-corrected chi connectivity index (χ2v) is 4.81. The highest BCUT2D eigenvalue weighted by Gasteiger charge is 2.54. The minimum atomic E-state index is -1.98. The molecule has 0 fully saturated rings. The first-order chi connectivity index (χ1) is 11.1. The molecule has 0 aromatic carbocycles. The molecule has 0 aliphatic carbocycles. The van der Waals surface area contributed by atoms with E-state index in [1.807, 2.05) is 0 Å². The summed E-state index contributed by atoms with van der Waals surface area (Å²) in [6.45, 7) is 6.00. The zero-order chi connectivity index (χ0) is 18.7. The Hall–Kier alpha value is -3.27.